The molecule has 0 fully saturated rings. The van der Waals surface area contributed by atoms with Crippen molar-refractivity contribution >= 4 is 17.5 Å². The molecule has 1 N–H and O–H groups in total. The van der Waals surface area contributed by atoms with Crippen LogP contribution in [0.15, 0.2) is 48.5 Å². The van der Waals surface area contributed by atoms with Crippen molar-refractivity contribution in [3.8, 4) is 5.75 Å². The Hall–Kier alpha value is -2.82. The van der Waals surface area contributed by atoms with Crippen molar-refractivity contribution in [3.05, 3.63) is 59.7 Å². The summed E-state index contributed by atoms with van der Waals surface area (Å²) < 4.78 is 5.40. The zero-order valence-corrected chi connectivity index (χ0v) is 15.6. The average Bonchev–Trinajstić information content (AvgIpc) is 2.63. The van der Waals surface area contributed by atoms with Crippen molar-refractivity contribution in [3.63, 3.8) is 0 Å². The second-order valence-corrected chi connectivity index (χ2v) is 6.24. The molecule has 0 aromatic heterocycles. The molecule has 5 nitrogen and oxygen atoms in total. The summed E-state index contributed by atoms with van der Waals surface area (Å²) in [6, 6.07) is 15.3. The number of rotatable bonds is 8. The molecule has 0 unspecified atom stereocenters. The average molecular weight is 354 g/mol. The summed E-state index contributed by atoms with van der Waals surface area (Å²) in [5.74, 6) is 0.566. The van der Waals surface area contributed by atoms with Gasteiger partial charge in [-0.05, 0) is 50.1 Å². The smallest absolute Gasteiger partial charge is 0.243 e. The number of anilines is 1. The second-order valence-electron chi connectivity index (χ2n) is 6.24. The van der Waals surface area contributed by atoms with E-state index < -0.39 is 0 Å². The molecule has 0 heterocycles. The molecule has 0 saturated carbocycles. The molecule has 0 saturated heterocycles. The largest absolute Gasteiger partial charge is 0.494 e. The van der Waals surface area contributed by atoms with Crippen LogP contribution in [-0.4, -0.2) is 36.9 Å². The number of hydrogen-bond donors (Lipinski definition) is 1. The highest BCUT2D eigenvalue weighted by Crippen LogP contribution is 2.14. The number of hydrogen-bond acceptors (Lipinski definition) is 3. The molecule has 26 heavy (non-hydrogen) atoms. The molecule has 0 atom stereocenters. The predicted molar refractivity (Wildman–Crippen MR) is 103 cm³/mol. The van der Waals surface area contributed by atoms with Crippen LogP contribution in [0.1, 0.15) is 24.5 Å². The highest BCUT2D eigenvalue weighted by Gasteiger charge is 2.13. The first-order valence-electron chi connectivity index (χ1n) is 8.80. The molecule has 0 radical (unpaired) electrons. The Labute approximate surface area is 155 Å². The number of likely N-dealkylation sites (N-methyl/N-ethyl adjacent to an activating group) is 1. The maximum Gasteiger partial charge on any atom is 0.243 e. The monoisotopic (exact) mass is 354 g/mol. The Morgan fingerprint density at radius 3 is 2.31 bits per heavy atom. The minimum atomic E-state index is -0.203. The first-order valence-corrected chi connectivity index (χ1v) is 8.80. The number of carbonyl (C=O) groups excluding carboxylic acids is 2. The van der Waals surface area contributed by atoms with E-state index in [2.05, 4.69) is 5.32 Å². The van der Waals surface area contributed by atoms with Gasteiger partial charge >= 0.3 is 0 Å². The fourth-order valence-corrected chi connectivity index (χ4v) is 2.50. The van der Waals surface area contributed by atoms with E-state index in [0.29, 0.717) is 19.4 Å². The van der Waals surface area contributed by atoms with E-state index >= 15 is 0 Å². The maximum atomic E-state index is 12.2. The summed E-state index contributed by atoms with van der Waals surface area (Å²) in [5.41, 5.74) is 2.93. The Bertz CT molecular complexity index is 724. The quantitative estimate of drug-likeness (QED) is 0.790. The minimum absolute atomic E-state index is 0.0377. The summed E-state index contributed by atoms with van der Waals surface area (Å²) in [6.07, 6.45) is 0.997. The lowest BCUT2D eigenvalue weighted by molar-refractivity contribution is -0.133. The van der Waals surface area contributed by atoms with Gasteiger partial charge in [-0.2, -0.15) is 0 Å². The number of nitrogens with zero attached hydrogens (tertiary/aromatic N) is 1. The topological polar surface area (TPSA) is 58.6 Å². The van der Waals surface area contributed by atoms with Crippen LogP contribution >= 0.6 is 0 Å². The van der Waals surface area contributed by atoms with Crippen molar-refractivity contribution in [2.75, 3.05) is 25.5 Å². The van der Waals surface area contributed by atoms with Crippen molar-refractivity contribution in [1.29, 1.82) is 0 Å². The first-order chi connectivity index (χ1) is 12.5. The summed E-state index contributed by atoms with van der Waals surface area (Å²) in [5, 5.41) is 2.80. The standard InChI is InChI=1S/C21H26N2O3/c1-4-26-19-12-7-17(8-13-19)9-14-21(25)23(3)15-20(24)22-18-10-5-16(2)6-11-18/h5-8,10-13H,4,9,14-15H2,1-3H3,(H,22,24). The third-order valence-electron chi connectivity index (χ3n) is 4.00. The van der Waals surface area contributed by atoms with E-state index in [4.69, 9.17) is 4.74 Å². The van der Waals surface area contributed by atoms with Gasteiger partial charge in [0.25, 0.3) is 0 Å². The van der Waals surface area contributed by atoms with Gasteiger partial charge in [0.1, 0.15) is 5.75 Å². The van der Waals surface area contributed by atoms with Gasteiger partial charge in [-0.25, -0.2) is 0 Å². The Morgan fingerprint density at radius 1 is 1.04 bits per heavy atom. The van der Waals surface area contributed by atoms with E-state index in [1.807, 2.05) is 62.4 Å². The summed E-state index contributed by atoms with van der Waals surface area (Å²) >= 11 is 0. The normalized spacial score (nSPS) is 10.3. The van der Waals surface area contributed by atoms with Crippen LogP contribution in [-0.2, 0) is 16.0 Å². The maximum absolute atomic E-state index is 12.2. The number of amides is 2. The fourth-order valence-electron chi connectivity index (χ4n) is 2.50. The van der Waals surface area contributed by atoms with Crippen LogP contribution in [0.5, 0.6) is 5.75 Å². The molecule has 2 aromatic carbocycles. The van der Waals surface area contributed by atoms with Gasteiger partial charge in [-0.3, -0.25) is 9.59 Å². The summed E-state index contributed by atoms with van der Waals surface area (Å²) in [4.78, 5) is 25.8. The molecule has 2 rings (SSSR count). The van der Waals surface area contributed by atoms with Crippen LogP contribution in [0.3, 0.4) is 0 Å². The van der Waals surface area contributed by atoms with Gasteiger partial charge in [0, 0.05) is 19.2 Å². The molecule has 0 aliphatic carbocycles. The Morgan fingerprint density at radius 2 is 1.69 bits per heavy atom. The zero-order valence-electron chi connectivity index (χ0n) is 15.6. The lowest BCUT2D eigenvalue weighted by Gasteiger charge is -2.17. The van der Waals surface area contributed by atoms with Crippen molar-refractivity contribution < 1.29 is 14.3 Å². The molecule has 138 valence electrons. The minimum Gasteiger partial charge on any atom is -0.494 e. The first kappa shape index (κ1) is 19.5. The molecular weight excluding hydrogens is 328 g/mol. The Balaban J connectivity index is 1.77. The molecule has 0 aliphatic rings. The zero-order chi connectivity index (χ0) is 18.9. The van der Waals surface area contributed by atoms with Crippen LogP contribution in [0.4, 0.5) is 5.69 Å². The van der Waals surface area contributed by atoms with Gasteiger partial charge in [-0.15, -0.1) is 0 Å². The number of carbonyl (C=O) groups is 2. The highest BCUT2D eigenvalue weighted by atomic mass is 16.5. The second kappa shape index (κ2) is 9.61. The summed E-state index contributed by atoms with van der Waals surface area (Å²) in [7, 11) is 1.65. The van der Waals surface area contributed by atoms with E-state index in [1.54, 1.807) is 7.05 Å². The predicted octanol–water partition coefficient (Wildman–Crippen LogP) is 3.42. The molecule has 2 amide bonds. The molecular formula is C21H26N2O3. The number of nitrogens with one attached hydrogen (secondary N) is 1. The number of aryl methyl sites for hydroxylation is 2. The van der Waals surface area contributed by atoms with Crippen LogP contribution < -0.4 is 10.1 Å². The van der Waals surface area contributed by atoms with E-state index in [0.717, 1.165) is 22.6 Å². The van der Waals surface area contributed by atoms with Crippen LogP contribution in [0.2, 0.25) is 0 Å². The molecule has 0 aliphatic heterocycles. The third-order valence-corrected chi connectivity index (χ3v) is 4.00. The molecule has 0 bridgehead atoms. The molecule has 5 heteroatoms. The van der Waals surface area contributed by atoms with Gasteiger partial charge in [0.2, 0.25) is 11.8 Å². The molecule has 0 spiro atoms. The lowest BCUT2D eigenvalue weighted by atomic mass is 10.1. The van der Waals surface area contributed by atoms with Gasteiger partial charge in [-0.1, -0.05) is 29.8 Å². The van der Waals surface area contributed by atoms with Crippen molar-refractivity contribution in [1.82, 2.24) is 4.90 Å². The third kappa shape index (κ3) is 6.24. The van der Waals surface area contributed by atoms with E-state index in [9.17, 15) is 9.59 Å². The summed E-state index contributed by atoms with van der Waals surface area (Å²) in [6.45, 7) is 4.60. The number of ether oxygens (including phenoxy) is 1. The van der Waals surface area contributed by atoms with Crippen molar-refractivity contribution in [2.45, 2.75) is 26.7 Å². The SMILES string of the molecule is CCOc1ccc(CCC(=O)N(C)CC(=O)Nc2ccc(C)cc2)cc1. The van der Waals surface area contributed by atoms with Crippen LogP contribution in [0, 0.1) is 6.92 Å². The van der Waals surface area contributed by atoms with Gasteiger partial charge in [0.05, 0.1) is 13.2 Å². The van der Waals surface area contributed by atoms with Crippen molar-refractivity contribution in [2.24, 2.45) is 0 Å². The van der Waals surface area contributed by atoms with E-state index in [-0.39, 0.29) is 18.4 Å². The van der Waals surface area contributed by atoms with Crippen LogP contribution in [0.25, 0.3) is 0 Å². The number of benzene rings is 2. The molecule has 2 aromatic rings. The lowest BCUT2D eigenvalue weighted by Crippen LogP contribution is -2.35. The van der Waals surface area contributed by atoms with Gasteiger partial charge < -0.3 is 15.0 Å². The van der Waals surface area contributed by atoms with E-state index in [1.165, 1.54) is 4.90 Å². The Kier molecular flexibility index (Phi) is 7.21. The highest BCUT2D eigenvalue weighted by molar-refractivity contribution is 5.94. The fraction of sp³-hybridized carbons (Fsp3) is 0.333. The van der Waals surface area contributed by atoms with Gasteiger partial charge in [0.15, 0.2) is 0 Å².